The Morgan fingerprint density at radius 3 is 2.13 bits per heavy atom. The molecule has 2 aromatic rings. The van der Waals surface area contributed by atoms with E-state index in [-0.39, 0.29) is 18.9 Å². The monoisotopic (exact) mass is 547 g/mol. The molecule has 0 aliphatic carbocycles. The Labute approximate surface area is 221 Å². The molecule has 206 valence electrons. The lowest BCUT2D eigenvalue weighted by Gasteiger charge is -2.27. The molecule has 9 N–H and O–H groups in total. The van der Waals surface area contributed by atoms with E-state index in [1.54, 1.807) is 54.6 Å². The maximum atomic E-state index is 13.0. The molecule has 1 unspecified atom stereocenters. The number of urea groups is 1. The molecular formula is C24H33N7O6S. The molecule has 0 radical (unpaired) electrons. The van der Waals surface area contributed by atoms with Gasteiger partial charge < -0.3 is 32.1 Å². The second kappa shape index (κ2) is 13.5. The summed E-state index contributed by atoms with van der Waals surface area (Å²) in [6, 6.07) is 11.0. The normalized spacial score (nSPS) is 13.6. The van der Waals surface area contributed by atoms with Gasteiger partial charge in [-0.3, -0.25) is 15.0 Å². The number of aliphatic hydroxyl groups excluding tert-OH is 1. The number of carbonyl (C=O) groups is 3. The maximum absolute atomic E-state index is 13.0. The third kappa shape index (κ3) is 9.46. The number of amidine groups is 1. The van der Waals surface area contributed by atoms with E-state index < -0.39 is 51.8 Å². The molecule has 0 saturated carbocycles. The fourth-order valence-electron chi connectivity index (χ4n) is 3.33. The van der Waals surface area contributed by atoms with Gasteiger partial charge in [-0.05, 0) is 18.1 Å². The summed E-state index contributed by atoms with van der Waals surface area (Å²) in [4.78, 5) is 38.5. The fraction of sp³-hybridized carbons (Fsp3) is 0.333. The van der Waals surface area contributed by atoms with Crippen LogP contribution in [0.1, 0.15) is 23.6 Å². The lowest BCUT2D eigenvalue weighted by molar-refractivity contribution is -0.131. The minimum absolute atomic E-state index is 0.0488. The van der Waals surface area contributed by atoms with E-state index >= 15 is 0 Å². The third-order valence-corrected chi connectivity index (χ3v) is 6.79. The Kier molecular flexibility index (Phi) is 10.7. The SMILES string of the molecule is CC(O)[C@@H](NS(=O)(=O)Cc1ccccc1)C(=O)N[C@@H](CN(C)C(N)=O)C(=O)NCc1ccc(C(=N)N)cc1. The topological polar surface area (TPSA) is 221 Å². The average molecular weight is 548 g/mol. The number of primary amides is 1. The number of nitrogens with zero attached hydrogens (tertiary/aromatic N) is 1. The van der Waals surface area contributed by atoms with Crippen LogP contribution in [0.15, 0.2) is 54.6 Å². The summed E-state index contributed by atoms with van der Waals surface area (Å²) in [7, 11) is -2.73. The van der Waals surface area contributed by atoms with Crippen molar-refractivity contribution in [3.8, 4) is 0 Å². The smallest absolute Gasteiger partial charge is 0.314 e. The van der Waals surface area contributed by atoms with Crippen molar-refractivity contribution < 1.29 is 27.9 Å². The number of nitrogens with two attached hydrogens (primary N) is 2. The predicted octanol–water partition coefficient (Wildman–Crippen LogP) is -1.05. The van der Waals surface area contributed by atoms with E-state index in [1.807, 2.05) is 0 Å². The van der Waals surface area contributed by atoms with Gasteiger partial charge in [0.25, 0.3) is 0 Å². The van der Waals surface area contributed by atoms with Gasteiger partial charge in [0.1, 0.15) is 17.9 Å². The maximum Gasteiger partial charge on any atom is 0.314 e. The number of benzene rings is 2. The first-order valence-electron chi connectivity index (χ1n) is 11.5. The first-order valence-corrected chi connectivity index (χ1v) is 13.2. The van der Waals surface area contributed by atoms with Crippen molar-refractivity contribution in [2.24, 2.45) is 11.5 Å². The van der Waals surface area contributed by atoms with Gasteiger partial charge in [-0.15, -0.1) is 0 Å². The number of carbonyl (C=O) groups excluding carboxylic acids is 3. The van der Waals surface area contributed by atoms with Crippen LogP contribution in [-0.2, 0) is 31.9 Å². The van der Waals surface area contributed by atoms with Crippen molar-refractivity contribution >= 4 is 33.7 Å². The van der Waals surface area contributed by atoms with Crippen LogP contribution in [0.4, 0.5) is 4.79 Å². The lowest BCUT2D eigenvalue weighted by Crippen LogP contribution is -2.59. The molecule has 14 heteroatoms. The van der Waals surface area contributed by atoms with Gasteiger partial charge in [-0.2, -0.15) is 4.72 Å². The van der Waals surface area contributed by atoms with Crippen LogP contribution in [0.25, 0.3) is 0 Å². The first kappa shape index (κ1) is 30.2. The van der Waals surface area contributed by atoms with Crippen molar-refractivity contribution in [2.45, 2.75) is 37.4 Å². The zero-order chi connectivity index (χ0) is 28.5. The van der Waals surface area contributed by atoms with Crippen molar-refractivity contribution in [1.29, 1.82) is 5.41 Å². The summed E-state index contributed by atoms with van der Waals surface area (Å²) in [6.07, 6.45) is -1.45. The summed E-state index contributed by atoms with van der Waals surface area (Å²) in [5.74, 6) is -2.19. The largest absolute Gasteiger partial charge is 0.391 e. The quantitative estimate of drug-likeness (QED) is 0.122. The Morgan fingerprint density at radius 1 is 1.00 bits per heavy atom. The molecule has 0 aliphatic rings. The first-order chi connectivity index (χ1) is 17.8. The number of nitrogens with one attached hydrogen (secondary N) is 4. The summed E-state index contributed by atoms with van der Waals surface area (Å²) < 4.78 is 27.5. The van der Waals surface area contributed by atoms with Crippen LogP contribution in [0.3, 0.4) is 0 Å². The van der Waals surface area contributed by atoms with Gasteiger partial charge >= 0.3 is 6.03 Å². The Morgan fingerprint density at radius 2 is 1.61 bits per heavy atom. The van der Waals surface area contributed by atoms with E-state index in [1.165, 1.54) is 14.0 Å². The summed E-state index contributed by atoms with van der Waals surface area (Å²) >= 11 is 0. The highest BCUT2D eigenvalue weighted by molar-refractivity contribution is 7.88. The number of hydrogen-bond acceptors (Lipinski definition) is 7. The standard InChI is InChI=1S/C24H33N7O6S/c1-15(32)20(30-38(36,37)14-17-6-4-3-5-7-17)23(34)29-19(13-31(2)24(27)35)22(33)28-12-16-8-10-18(11-9-16)21(25)26/h3-11,15,19-20,30,32H,12-14H2,1-2H3,(H3,25,26)(H2,27,35)(H,28,33)(H,29,34)/t15?,19-,20+/m0/s1. The lowest BCUT2D eigenvalue weighted by atomic mass is 10.1. The number of likely N-dealkylation sites (N-methyl/N-ethyl adjacent to an activating group) is 1. The van der Waals surface area contributed by atoms with Crippen molar-refractivity contribution in [3.05, 3.63) is 71.3 Å². The summed E-state index contributed by atoms with van der Waals surface area (Å²) in [5.41, 5.74) is 12.4. The van der Waals surface area contributed by atoms with E-state index in [2.05, 4.69) is 15.4 Å². The van der Waals surface area contributed by atoms with E-state index in [0.717, 1.165) is 4.90 Å². The van der Waals surface area contributed by atoms with Gasteiger partial charge in [0.15, 0.2) is 0 Å². The Balaban J connectivity index is 2.14. The van der Waals surface area contributed by atoms with Gasteiger partial charge in [0, 0.05) is 19.2 Å². The number of sulfonamides is 1. The molecule has 4 amide bonds. The summed E-state index contributed by atoms with van der Waals surface area (Å²) in [5, 5.41) is 22.6. The highest BCUT2D eigenvalue weighted by Gasteiger charge is 2.32. The molecule has 0 aromatic heterocycles. The molecular weight excluding hydrogens is 514 g/mol. The minimum atomic E-state index is -4.05. The zero-order valence-corrected chi connectivity index (χ0v) is 21.9. The Hall–Kier alpha value is -4.01. The van der Waals surface area contributed by atoms with Crippen LogP contribution in [0.2, 0.25) is 0 Å². The third-order valence-electron chi connectivity index (χ3n) is 5.47. The zero-order valence-electron chi connectivity index (χ0n) is 21.0. The second-order valence-electron chi connectivity index (χ2n) is 8.69. The number of nitrogen functional groups attached to an aromatic ring is 1. The second-order valence-corrected chi connectivity index (χ2v) is 10.4. The molecule has 2 aromatic carbocycles. The van der Waals surface area contributed by atoms with Gasteiger partial charge in [0.05, 0.1) is 18.4 Å². The fourth-order valence-corrected chi connectivity index (χ4v) is 4.74. The van der Waals surface area contributed by atoms with Crippen molar-refractivity contribution in [3.63, 3.8) is 0 Å². The predicted molar refractivity (Wildman–Crippen MR) is 141 cm³/mol. The van der Waals surface area contributed by atoms with Gasteiger partial charge in [-0.1, -0.05) is 54.6 Å². The molecule has 0 fully saturated rings. The minimum Gasteiger partial charge on any atom is -0.391 e. The van der Waals surface area contributed by atoms with Crippen LogP contribution < -0.4 is 26.8 Å². The highest BCUT2D eigenvalue weighted by Crippen LogP contribution is 2.08. The highest BCUT2D eigenvalue weighted by atomic mass is 32.2. The van der Waals surface area contributed by atoms with Crippen LogP contribution >= 0.6 is 0 Å². The number of hydrogen-bond donors (Lipinski definition) is 7. The molecule has 0 bridgehead atoms. The van der Waals surface area contributed by atoms with E-state index in [4.69, 9.17) is 16.9 Å². The molecule has 0 heterocycles. The average Bonchev–Trinajstić information content (AvgIpc) is 2.85. The Bertz CT molecular complexity index is 1240. The summed E-state index contributed by atoms with van der Waals surface area (Å²) in [6.45, 7) is 0.956. The van der Waals surface area contributed by atoms with Crippen molar-refractivity contribution in [1.82, 2.24) is 20.3 Å². The molecule has 0 spiro atoms. The van der Waals surface area contributed by atoms with E-state index in [0.29, 0.717) is 16.7 Å². The van der Waals surface area contributed by atoms with Gasteiger partial charge in [0.2, 0.25) is 21.8 Å². The van der Waals surface area contributed by atoms with Gasteiger partial charge in [-0.25, -0.2) is 13.2 Å². The number of rotatable bonds is 13. The van der Waals surface area contributed by atoms with Crippen molar-refractivity contribution in [2.75, 3.05) is 13.6 Å². The number of amides is 4. The van der Waals surface area contributed by atoms with Crippen LogP contribution in [0, 0.1) is 5.41 Å². The molecule has 2 rings (SSSR count). The molecule has 3 atom stereocenters. The molecule has 13 nitrogen and oxygen atoms in total. The molecule has 0 saturated heterocycles. The molecule has 38 heavy (non-hydrogen) atoms. The molecule has 0 aliphatic heterocycles. The van der Waals surface area contributed by atoms with Crippen LogP contribution in [-0.4, -0.2) is 73.9 Å². The van der Waals surface area contributed by atoms with Crippen LogP contribution in [0.5, 0.6) is 0 Å². The number of aliphatic hydroxyl groups is 1. The van der Waals surface area contributed by atoms with E-state index in [9.17, 15) is 27.9 Å².